The number of para-hydroxylation sites is 2. The number of benzene rings is 1. The third-order valence-electron chi connectivity index (χ3n) is 4.57. The molecule has 2 N–H and O–H groups in total. The molecule has 0 saturated carbocycles. The number of rotatable bonds is 4. The lowest BCUT2D eigenvalue weighted by Gasteiger charge is -2.27. The van der Waals surface area contributed by atoms with E-state index in [-0.39, 0.29) is 11.9 Å². The lowest BCUT2D eigenvalue weighted by atomic mass is 9.93. The zero-order chi connectivity index (χ0) is 17.2. The van der Waals surface area contributed by atoms with Crippen LogP contribution in [0.25, 0.3) is 16.9 Å². The molecule has 0 bridgehead atoms. The standard InChI is InChI=1S/C19H21N5O/c1-13-9-14(10-19(25)22-13)11-20-17-7-4-8-18(23-17)24-12-21-15-5-2-3-6-16(15)24/h2-8,12-14H,9-11H2,1H3,(H,20,23)(H,22,25). The molecule has 1 amide bonds. The van der Waals surface area contributed by atoms with Crippen LogP contribution in [0, 0.1) is 5.92 Å². The Morgan fingerprint density at radius 2 is 2.12 bits per heavy atom. The first kappa shape index (κ1) is 15.6. The number of carbonyl (C=O) groups is 1. The number of hydrogen-bond donors (Lipinski definition) is 2. The maximum atomic E-state index is 11.7. The van der Waals surface area contributed by atoms with E-state index in [2.05, 4.69) is 15.6 Å². The van der Waals surface area contributed by atoms with E-state index in [0.717, 1.165) is 35.6 Å². The van der Waals surface area contributed by atoms with E-state index in [1.807, 2.05) is 54.0 Å². The fourth-order valence-corrected chi connectivity index (χ4v) is 3.44. The average Bonchev–Trinajstić information content (AvgIpc) is 3.04. The number of nitrogens with one attached hydrogen (secondary N) is 2. The van der Waals surface area contributed by atoms with Crippen LogP contribution >= 0.6 is 0 Å². The van der Waals surface area contributed by atoms with Gasteiger partial charge in [0.05, 0.1) is 11.0 Å². The highest BCUT2D eigenvalue weighted by molar-refractivity contribution is 5.77. The van der Waals surface area contributed by atoms with E-state index in [0.29, 0.717) is 12.3 Å². The van der Waals surface area contributed by atoms with E-state index < -0.39 is 0 Å². The molecule has 1 aromatic carbocycles. The molecule has 25 heavy (non-hydrogen) atoms. The predicted molar refractivity (Wildman–Crippen MR) is 97.7 cm³/mol. The molecule has 6 heteroatoms. The van der Waals surface area contributed by atoms with Gasteiger partial charge in [-0.25, -0.2) is 9.97 Å². The third kappa shape index (κ3) is 3.33. The van der Waals surface area contributed by atoms with Gasteiger partial charge >= 0.3 is 0 Å². The second-order valence-corrected chi connectivity index (χ2v) is 6.64. The van der Waals surface area contributed by atoms with Gasteiger partial charge in [0, 0.05) is 19.0 Å². The summed E-state index contributed by atoms with van der Waals surface area (Å²) < 4.78 is 1.98. The maximum Gasteiger partial charge on any atom is 0.220 e. The van der Waals surface area contributed by atoms with Gasteiger partial charge in [-0.3, -0.25) is 9.36 Å². The summed E-state index contributed by atoms with van der Waals surface area (Å²) >= 11 is 0. The third-order valence-corrected chi connectivity index (χ3v) is 4.57. The minimum absolute atomic E-state index is 0.136. The normalized spacial score (nSPS) is 20.4. The number of pyridine rings is 1. The van der Waals surface area contributed by atoms with Gasteiger partial charge in [-0.1, -0.05) is 18.2 Å². The maximum absolute atomic E-state index is 11.7. The second-order valence-electron chi connectivity index (χ2n) is 6.64. The smallest absolute Gasteiger partial charge is 0.220 e. The number of amides is 1. The van der Waals surface area contributed by atoms with Crippen LogP contribution in [-0.4, -0.2) is 33.0 Å². The van der Waals surface area contributed by atoms with E-state index in [4.69, 9.17) is 4.98 Å². The van der Waals surface area contributed by atoms with Crippen LogP contribution < -0.4 is 10.6 Å². The number of carbonyl (C=O) groups excluding carboxylic acids is 1. The van der Waals surface area contributed by atoms with Gasteiger partial charge < -0.3 is 10.6 Å². The van der Waals surface area contributed by atoms with Crippen LogP contribution in [-0.2, 0) is 4.79 Å². The number of piperidine rings is 1. The Bertz CT molecular complexity index is 903. The van der Waals surface area contributed by atoms with Gasteiger partial charge in [-0.2, -0.15) is 0 Å². The molecule has 0 spiro atoms. The van der Waals surface area contributed by atoms with Crippen LogP contribution in [0.2, 0.25) is 0 Å². The molecule has 3 aromatic rings. The molecule has 128 valence electrons. The summed E-state index contributed by atoms with van der Waals surface area (Å²) in [6.45, 7) is 2.80. The highest BCUT2D eigenvalue weighted by atomic mass is 16.1. The molecule has 2 unspecified atom stereocenters. The SMILES string of the molecule is CC1CC(CNc2cccc(-n3cnc4ccccc43)n2)CC(=O)N1. The summed E-state index contributed by atoms with van der Waals surface area (Å²) in [4.78, 5) is 20.8. The van der Waals surface area contributed by atoms with E-state index >= 15 is 0 Å². The fraction of sp³-hybridized carbons (Fsp3) is 0.316. The van der Waals surface area contributed by atoms with Gasteiger partial charge in [0.25, 0.3) is 0 Å². The first-order valence-electron chi connectivity index (χ1n) is 8.62. The van der Waals surface area contributed by atoms with Crippen molar-refractivity contribution in [3.05, 3.63) is 48.8 Å². The molecule has 2 aromatic heterocycles. The van der Waals surface area contributed by atoms with E-state index in [9.17, 15) is 4.79 Å². The number of hydrogen-bond acceptors (Lipinski definition) is 4. The lowest BCUT2D eigenvalue weighted by Crippen LogP contribution is -2.42. The Kier molecular flexibility index (Phi) is 4.09. The summed E-state index contributed by atoms with van der Waals surface area (Å²) in [5, 5.41) is 6.34. The van der Waals surface area contributed by atoms with Crippen molar-refractivity contribution in [2.45, 2.75) is 25.8 Å². The summed E-state index contributed by atoms with van der Waals surface area (Å²) in [5.74, 6) is 2.11. The Labute approximate surface area is 146 Å². The minimum Gasteiger partial charge on any atom is -0.370 e. The van der Waals surface area contributed by atoms with Crippen molar-refractivity contribution in [2.75, 3.05) is 11.9 Å². The quantitative estimate of drug-likeness (QED) is 0.769. The molecule has 3 heterocycles. The zero-order valence-electron chi connectivity index (χ0n) is 14.1. The molecule has 1 aliphatic rings. The average molecular weight is 335 g/mol. The molecule has 0 aliphatic carbocycles. The van der Waals surface area contributed by atoms with Crippen LogP contribution in [0.15, 0.2) is 48.8 Å². The van der Waals surface area contributed by atoms with Gasteiger partial charge in [0.15, 0.2) is 0 Å². The highest BCUT2D eigenvalue weighted by Gasteiger charge is 2.23. The summed E-state index contributed by atoms with van der Waals surface area (Å²) in [5.41, 5.74) is 1.98. The monoisotopic (exact) mass is 335 g/mol. The number of imidazole rings is 1. The van der Waals surface area contributed by atoms with Crippen molar-refractivity contribution < 1.29 is 4.79 Å². The molecule has 0 radical (unpaired) electrons. The Morgan fingerprint density at radius 3 is 3.00 bits per heavy atom. The van der Waals surface area contributed by atoms with Crippen molar-refractivity contribution in [2.24, 2.45) is 5.92 Å². The Hall–Kier alpha value is -2.89. The van der Waals surface area contributed by atoms with E-state index in [1.165, 1.54) is 0 Å². The Balaban J connectivity index is 1.51. The van der Waals surface area contributed by atoms with Gasteiger partial charge in [-0.05, 0) is 43.5 Å². The fourth-order valence-electron chi connectivity index (χ4n) is 3.44. The van der Waals surface area contributed by atoms with Crippen LogP contribution in [0.1, 0.15) is 19.8 Å². The zero-order valence-corrected chi connectivity index (χ0v) is 14.1. The molecule has 4 rings (SSSR count). The number of nitrogens with zero attached hydrogens (tertiary/aromatic N) is 3. The van der Waals surface area contributed by atoms with Crippen molar-refractivity contribution in [3.8, 4) is 5.82 Å². The first-order valence-corrected chi connectivity index (χ1v) is 8.62. The number of aromatic nitrogens is 3. The minimum atomic E-state index is 0.136. The van der Waals surface area contributed by atoms with Crippen molar-refractivity contribution in [1.29, 1.82) is 0 Å². The van der Waals surface area contributed by atoms with Crippen molar-refractivity contribution >= 4 is 22.8 Å². The summed E-state index contributed by atoms with van der Waals surface area (Å²) in [6, 6.07) is 14.1. The van der Waals surface area contributed by atoms with Crippen LogP contribution in [0.4, 0.5) is 5.82 Å². The number of anilines is 1. The van der Waals surface area contributed by atoms with Crippen molar-refractivity contribution in [1.82, 2.24) is 19.9 Å². The van der Waals surface area contributed by atoms with E-state index in [1.54, 1.807) is 6.33 Å². The van der Waals surface area contributed by atoms with Crippen LogP contribution in [0.3, 0.4) is 0 Å². The highest BCUT2D eigenvalue weighted by Crippen LogP contribution is 2.20. The van der Waals surface area contributed by atoms with Gasteiger partial charge in [0.2, 0.25) is 5.91 Å². The lowest BCUT2D eigenvalue weighted by molar-refractivity contribution is -0.124. The molecule has 1 aliphatic heterocycles. The van der Waals surface area contributed by atoms with Crippen molar-refractivity contribution in [3.63, 3.8) is 0 Å². The largest absolute Gasteiger partial charge is 0.370 e. The molecule has 1 saturated heterocycles. The molecule has 2 atom stereocenters. The summed E-state index contributed by atoms with van der Waals surface area (Å²) in [6.07, 6.45) is 3.36. The number of fused-ring (bicyclic) bond motifs is 1. The van der Waals surface area contributed by atoms with Crippen LogP contribution in [0.5, 0.6) is 0 Å². The van der Waals surface area contributed by atoms with Gasteiger partial charge in [-0.15, -0.1) is 0 Å². The second kappa shape index (κ2) is 6.55. The Morgan fingerprint density at radius 1 is 1.24 bits per heavy atom. The summed E-state index contributed by atoms with van der Waals surface area (Å²) in [7, 11) is 0. The first-order chi connectivity index (χ1) is 12.2. The van der Waals surface area contributed by atoms with Gasteiger partial charge in [0.1, 0.15) is 18.0 Å². The topological polar surface area (TPSA) is 71.8 Å². The molecule has 6 nitrogen and oxygen atoms in total. The molecule has 1 fully saturated rings. The molecular weight excluding hydrogens is 314 g/mol. The molecular formula is C19H21N5O. The predicted octanol–water partition coefficient (Wildman–Crippen LogP) is 2.75.